The molecule has 0 fully saturated rings. The van der Waals surface area contributed by atoms with Crippen LogP contribution in [0.25, 0.3) is 20.7 Å². The van der Waals surface area contributed by atoms with Crippen LogP contribution in [0.1, 0.15) is 28.2 Å². The molecule has 1 aromatic carbocycles. The largest absolute Gasteiger partial charge is 0.476 e. The van der Waals surface area contributed by atoms with Gasteiger partial charge in [0.1, 0.15) is 0 Å². The standard InChI is InChI=1S/C22H20N4O2S2/c1-14-10-17(21(27)28)24-26(14)13-16-11-15(18-6-5-9-29-18)12-19-20(16)23-22(30-19)25-7-3-2-4-8-25/h2-3,5-6,9-12H,4,7-8,13H2,1H3,(H,27,28). The van der Waals surface area contributed by atoms with Crippen molar-refractivity contribution in [3.05, 3.63) is 64.8 Å². The van der Waals surface area contributed by atoms with Gasteiger partial charge in [-0.15, -0.1) is 11.3 Å². The molecule has 1 aliphatic heterocycles. The first kappa shape index (κ1) is 19.0. The first-order chi connectivity index (χ1) is 14.6. The minimum absolute atomic E-state index is 0.0669. The fourth-order valence-corrected chi connectivity index (χ4v) is 5.48. The Morgan fingerprint density at radius 1 is 1.27 bits per heavy atom. The highest BCUT2D eigenvalue weighted by molar-refractivity contribution is 7.22. The van der Waals surface area contributed by atoms with E-state index in [1.54, 1.807) is 33.4 Å². The molecule has 0 aliphatic carbocycles. The van der Waals surface area contributed by atoms with Crippen LogP contribution in [0.2, 0.25) is 0 Å². The first-order valence-corrected chi connectivity index (χ1v) is 11.4. The van der Waals surface area contributed by atoms with E-state index < -0.39 is 5.97 Å². The lowest BCUT2D eigenvalue weighted by molar-refractivity contribution is 0.0689. The number of aromatic nitrogens is 3. The van der Waals surface area contributed by atoms with Crippen LogP contribution in [0.4, 0.5) is 5.13 Å². The summed E-state index contributed by atoms with van der Waals surface area (Å²) in [5, 5.41) is 16.7. The van der Waals surface area contributed by atoms with E-state index in [0.29, 0.717) is 6.54 Å². The van der Waals surface area contributed by atoms with Gasteiger partial charge in [-0.3, -0.25) is 4.68 Å². The number of fused-ring (bicyclic) bond motifs is 1. The zero-order valence-electron chi connectivity index (χ0n) is 16.4. The molecule has 4 heterocycles. The van der Waals surface area contributed by atoms with Gasteiger partial charge in [-0.05, 0) is 48.6 Å². The molecule has 1 N–H and O–H groups in total. The van der Waals surface area contributed by atoms with Gasteiger partial charge in [0.2, 0.25) is 0 Å². The minimum atomic E-state index is -1.01. The number of thiophene rings is 1. The van der Waals surface area contributed by atoms with Crippen molar-refractivity contribution >= 4 is 44.0 Å². The average Bonchev–Trinajstić information content (AvgIpc) is 3.48. The zero-order valence-corrected chi connectivity index (χ0v) is 18.0. The molecule has 4 aromatic rings. The Morgan fingerprint density at radius 2 is 2.17 bits per heavy atom. The highest BCUT2D eigenvalue weighted by Crippen LogP contribution is 2.36. The molecule has 0 saturated carbocycles. The molecule has 0 unspecified atom stereocenters. The molecule has 8 heteroatoms. The maximum atomic E-state index is 11.3. The quantitative estimate of drug-likeness (QED) is 0.444. The molecule has 0 amide bonds. The van der Waals surface area contributed by atoms with E-state index in [1.165, 1.54) is 4.88 Å². The Bertz CT molecular complexity index is 1250. The Labute approximate surface area is 181 Å². The number of carboxylic acids is 1. The maximum Gasteiger partial charge on any atom is 0.356 e. The van der Waals surface area contributed by atoms with E-state index >= 15 is 0 Å². The van der Waals surface area contributed by atoms with Crippen molar-refractivity contribution in [2.45, 2.75) is 19.9 Å². The number of nitrogens with zero attached hydrogens (tertiary/aromatic N) is 4. The molecular weight excluding hydrogens is 416 g/mol. The fraction of sp³-hybridized carbons (Fsp3) is 0.227. The summed E-state index contributed by atoms with van der Waals surface area (Å²) in [5.41, 5.74) is 4.06. The summed E-state index contributed by atoms with van der Waals surface area (Å²) >= 11 is 3.43. The van der Waals surface area contributed by atoms with Gasteiger partial charge >= 0.3 is 5.97 Å². The smallest absolute Gasteiger partial charge is 0.356 e. The van der Waals surface area contributed by atoms with Crippen LogP contribution in [-0.4, -0.2) is 38.9 Å². The average molecular weight is 437 g/mol. The topological polar surface area (TPSA) is 71.2 Å². The zero-order chi connectivity index (χ0) is 20.7. The van der Waals surface area contributed by atoms with Gasteiger partial charge in [-0.2, -0.15) is 5.10 Å². The molecule has 0 radical (unpaired) electrons. The van der Waals surface area contributed by atoms with Gasteiger partial charge in [-0.1, -0.05) is 29.6 Å². The number of rotatable bonds is 5. The van der Waals surface area contributed by atoms with E-state index in [4.69, 9.17) is 4.98 Å². The number of hydrogen-bond acceptors (Lipinski definition) is 6. The van der Waals surface area contributed by atoms with E-state index in [-0.39, 0.29) is 5.69 Å². The number of hydrogen-bond donors (Lipinski definition) is 1. The van der Waals surface area contributed by atoms with E-state index in [1.807, 2.05) is 6.92 Å². The normalized spacial score (nSPS) is 14.0. The van der Waals surface area contributed by atoms with Crippen molar-refractivity contribution in [2.75, 3.05) is 18.0 Å². The number of anilines is 1. The first-order valence-electron chi connectivity index (χ1n) is 9.73. The third-order valence-electron chi connectivity index (χ3n) is 5.22. The lowest BCUT2D eigenvalue weighted by Crippen LogP contribution is -2.26. The van der Waals surface area contributed by atoms with Gasteiger partial charge in [0.25, 0.3) is 0 Å². The van der Waals surface area contributed by atoms with Gasteiger partial charge in [0.15, 0.2) is 10.8 Å². The molecule has 0 spiro atoms. The van der Waals surface area contributed by atoms with Crippen molar-refractivity contribution in [2.24, 2.45) is 0 Å². The van der Waals surface area contributed by atoms with Gasteiger partial charge < -0.3 is 10.0 Å². The maximum absolute atomic E-state index is 11.3. The Hall–Kier alpha value is -2.97. The number of carboxylic acid groups (broad SMARTS) is 1. The molecule has 30 heavy (non-hydrogen) atoms. The number of aromatic carboxylic acids is 1. The third kappa shape index (κ3) is 3.53. The Balaban J connectivity index is 1.61. The van der Waals surface area contributed by atoms with Crippen molar-refractivity contribution in [1.29, 1.82) is 0 Å². The number of aryl methyl sites for hydroxylation is 1. The minimum Gasteiger partial charge on any atom is -0.476 e. The molecule has 152 valence electrons. The summed E-state index contributed by atoms with van der Waals surface area (Å²) < 4.78 is 2.89. The van der Waals surface area contributed by atoms with Crippen LogP contribution in [-0.2, 0) is 6.54 Å². The molecule has 0 bridgehead atoms. The van der Waals surface area contributed by atoms with Crippen molar-refractivity contribution in [3.63, 3.8) is 0 Å². The van der Waals surface area contributed by atoms with E-state index in [9.17, 15) is 9.90 Å². The molecular formula is C22H20N4O2S2. The van der Waals surface area contributed by atoms with Crippen LogP contribution in [0.5, 0.6) is 0 Å². The number of carbonyl (C=O) groups is 1. The summed E-state index contributed by atoms with van der Waals surface area (Å²) in [4.78, 5) is 19.8. The summed E-state index contributed by atoms with van der Waals surface area (Å²) in [7, 11) is 0. The number of benzene rings is 1. The molecule has 3 aromatic heterocycles. The molecule has 6 nitrogen and oxygen atoms in total. The molecule has 0 atom stereocenters. The second-order valence-corrected chi connectivity index (χ2v) is 9.25. The summed E-state index contributed by atoms with van der Waals surface area (Å²) in [6, 6.07) is 10.2. The third-order valence-corrected chi connectivity index (χ3v) is 7.20. The lowest BCUT2D eigenvalue weighted by Gasteiger charge is -2.22. The Kier molecular flexibility index (Phi) is 4.88. The van der Waals surface area contributed by atoms with Gasteiger partial charge in [-0.25, -0.2) is 9.78 Å². The van der Waals surface area contributed by atoms with Gasteiger partial charge in [0, 0.05) is 29.2 Å². The summed E-state index contributed by atoms with van der Waals surface area (Å²) in [5.74, 6) is -1.01. The van der Waals surface area contributed by atoms with Crippen molar-refractivity contribution in [1.82, 2.24) is 14.8 Å². The Morgan fingerprint density at radius 3 is 2.87 bits per heavy atom. The van der Waals surface area contributed by atoms with E-state index in [0.717, 1.165) is 51.7 Å². The summed E-state index contributed by atoms with van der Waals surface area (Å²) in [6.07, 6.45) is 5.44. The van der Waals surface area contributed by atoms with Crippen LogP contribution >= 0.6 is 22.7 Å². The predicted octanol–water partition coefficient (Wildman–Crippen LogP) is 5.04. The van der Waals surface area contributed by atoms with Crippen LogP contribution in [0.15, 0.2) is 47.9 Å². The second kappa shape index (κ2) is 7.70. The SMILES string of the molecule is Cc1cc(C(=O)O)nn1Cc1cc(-c2cccs2)cc2sc(N3CC=CCC3)nc12. The molecule has 0 saturated heterocycles. The highest BCUT2D eigenvalue weighted by atomic mass is 32.1. The molecule has 5 rings (SSSR count). The predicted molar refractivity (Wildman–Crippen MR) is 122 cm³/mol. The number of thiazole rings is 1. The van der Waals surface area contributed by atoms with Crippen molar-refractivity contribution in [3.8, 4) is 10.4 Å². The van der Waals surface area contributed by atoms with Crippen LogP contribution in [0.3, 0.4) is 0 Å². The van der Waals surface area contributed by atoms with Crippen LogP contribution < -0.4 is 4.90 Å². The lowest BCUT2D eigenvalue weighted by atomic mass is 10.1. The summed E-state index contributed by atoms with van der Waals surface area (Å²) in [6.45, 7) is 4.22. The highest BCUT2D eigenvalue weighted by Gasteiger charge is 2.18. The fourth-order valence-electron chi connectivity index (χ4n) is 3.68. The van der Waals surface area contributed by atoms with Crippen LogP contribution in [0, 0.1) is 6.92 Å². The van der Waals surface area contributed by atoms with E-state index in [2.05, 4.69) is 51.8 Å². The molecule has 1 aliphatic rings. The van der Waals surface area contributed by atoms with Gasteiger partial charge in [0.05, 0.1) is 16.8 Å². The van der Waals surface area contributed by atoms with Crippen molar-refractivity contribution < 1.29 is 9.90 Å². The second-order valence-electron chi connectivity index (χ2n) is 7.30. The monoisotopic (exact) mass is 436 g/mol.